The van der Waals surface area contributed by atoms with Crippen molar-refractivity contribution in [3.05, 3.63) is 5.82 Å². The Balaban J connectivity index is 2.13. The Labute approximate surface area is 257 Å². The van der Waals surface area contributed by atoms with Crippen LogP contribution in [0.2, 0.25) is 0 Å². The van der Waals surface area contributed by atoms with E-state index in [2.05, 4.69) is 20.6 Å². The summed E-state index contributed by atoms with van der Waals surface area (Å²) in [5.41, 5.74) is -0.436. The zero-order valence-electron chi connectivity index (χ0n) is 26.6. The second kappa shape index (κ2) is 20.4. The molecule has 44 heavy (non-hydrogen) atoms. The van der Waals surface area contributed by atoms with Crippen LogP contribution in [0.25, 0.3) is 0 Å². The van der Waals surface area contributed by atoms with E-state index in [9.17, 15) is 29.1 Å². The van der Waals surface area contributed by atoms with Crippen molar-refractivity contribution >= 4 is 29.5 Å². The molecule has 0 aliphatic carbocycles. The molecule has 1 aromatic rings. The molecule has 0 fully saturated rings. The number of amides is 3. The Bertz CT molecular complexity index is 1030. The average Bonchev–Trinajstić information content (AvgIpc) is 3.47. The number of ether oxygens (including phenoxy) is 4. The molecule has 0 radical (unpaired) electrons. The molecule has 0 bridgehead atoms. The van der Waals surface area contributed by atoms with Gasteiger partial charge in [0.25, 0.3) is 0 Å². The fraction of sp³-hybridized carbons (Fsp3) is 0.778. The quantitative estimate of drug-likeness (QED) is 0.140. The van der Waals surface area contributed by atoms with Gasteiger partial charge in [0.05, 0.1) is 46.1 Å². The second-order valence-electron chi connectivity index (χ2n) is 11.0. The number of H-pyrrole nitrogens is 1. The fourth-order valence-electron chi connectivity index (χ4n) is 3.37. The number of nitrogens with one attached hydrogen (secondary N) is 1. The van der Waals surface area contributed by atoms with Gasteiger partial charge in [0, 0.05) is 46.1 Å². The van der Waals surface area contributed by atoms with E-state index < -0.39 is 23.3 Å². The zero-order valence-corrected chi connectivity index (χ0v) is 26.6. The maximum Gasteiger partial charge on any atom is 0.326 e. The standard InChI is InChI=1S/C27H47N7O10/c1-27(2,3)21(35)18-43-15-13-42-12-10-33(5)25(38)19-44-16-14-41-11-9-32(4)23(36)8-7-20(26(39)40)34(6)24(37)17-22-28-30-31-29-22/h20H,7-19H2,1-6H3,(H,39,40)(H,28,29,30,31)/t20-/m0/s1. The SMILES string of the molecule is CN(CCOCCOCC(=O)N(C)CCOCCOCC(=O)C(C)(C)C)C(=O)CC[C@@H](C(=O)O)N(C)C(=O)Cc1nn[nH]n1. The monoisotopic (exact) mass is 629 g/mol. The van der Waals surface area contributed by atoms with Gasteiger partial charge in [-0.15, -0.1) is 10.2 Å². The lowest BCUT2D eigenvalue weighted by atomic mass is 9.91. The Morgan fingerprint density at radius 2 is 1.34 bits per heavy atom. The molecule has 17 nitrogen and oxygen atoms in total. The van der Waals surface area contributed by atoms with E-state index in [0.717, 1.165) is 4.90 Å². The number of tetrazole rings is 1. The number of carboxylic acids is 1. The maximum atomic E-state index is 12.5. The van der Waals surface area contributed by atoms with Gasteiger partial charge < -0.3 is 38.8 Å². The van der Waals surface area contributed by atoms with Gasteiger partial charge >= 0.3 is 5.97 Å². The summed E-state index contributed by atoms with van der Waals surface area (Å²) in [4.78, 5) is 64.4. The lowest BCUT2D eigenvalue weighted by Gasteiger charge is -2.25. The highest BCUT2D eigenvalue weighted by Crippen LogP contribution is 2.14. The highest BCUT2D eigenvalue weighted by Gasteiger charge is 2.28. The Kier molecular flexibility index (Phi) is 17.9. The van der Waals surface area contributed by atoms with E-state index in [1.807, 2.05) is 20.8 Å². The molecule has 2 N–H and O–H groups in total. The van der Waals surface area contributed by atoms with E-state index >= 15 is 0 Å². The minimum Gasteiger partial charge on any atom is -0.480 e. The Morgan fingerprint density at radius 3 is 1.86 bits per heavy atom. The van der Waals surface area contributed by atoms with Crippen LogP contribution >= 0.6 is 0 Å². The van der Waals surface area contributed by atoms with E-state index in [0.29, 0.717) is 26.4 Å². The van der Waals surface area contributed by atoms with Crippen LogP contribution < -0.4 is 0 Å². The van der Waals surface area contributed by atoms with Crippen molar-refractivity contribution in [2.24, 2.45) is 5.41 Å². The molecule has 0 aliphatic rings. The van der Waals surface area contributed by atoms with E-state index in [4.69, 9.17) is 18.9 Å². The molecule has 0 saturated carbocycles. The van der Waals surface area contributed by atoms with Crippen molar-refractivity contribution in [1.82, 2.24) is 35.3 Å². The highest BCUT2D eigenvalue weighted by molar-refractivity contribution is 5.85. The average molecular weight is 630 g/mol. The second-order valence-corrected chi connectivity index (χ2v) is 11.0. The van der Waals surface area contributed by atoms with E-state index in [1.165, 1.54) is 16.8 Å². The largest absolute Gasteiger partial charge is 0.480 e. The van der Waals surface area contributed by atoms with Crippen molar-refractivity contribution in [2.45, 2.75) is 46.1 Å². The molecule has 1 rings (SSSR count). The molecule has 0 unspecified atom stereocenters. The summed E-state index contributed by atoms with van der Waals surface area (Å²) in [5.74, 6) is -2.09. The van der Waals surface area contributed by atoms with Crippen LogP contribution in [-0.2, 0) is 49.3 Å². The number of carboxylic acid groups (broad SMARTS) is 1. The molecule has 0 spiro atoms. The molecule has 17 heteroatoms. The third-order valence-electron chi connectivity index (χ3n) is 6.51. The van der Waals surface area contributed by atoms with Crippen molar-refractivity contribution in [3.63, 3.8) is 0 Å². The van der Waals surface area contributed by atoms with Crippen molar-refractivity contribution < 1.29 is 48.0 Å². The molecule has 0 aromatic carbocycles. The number of ketones is 1. The number of hydrogen-bond donors (Lipinski definition) is 2. The van der Waals surface area contributed by atoms with Gasteiger partial charge in [0.2, 0.25) is 17.7 Å². The molecule has 1 aromatic heterocycles. The minimum absolute atomic E-state index is 0.0221. The smallest absolute Gasteiger partial charge is 0.326 e. The Morgan fingerprint density at radius 1 is 0.795 bits per heavy atom. The topological polar surface area (TPSA) is 207 Å². The van der Waals surface area contributed by atoms with Gasteiger partial charge in [0.15, 0.2) is 11.6 Å². The van der Waals surface area contributed by atoms with Crippen LogP contribution in [0.5, 0.6) is 0 Å². The third-order valence-corrected chi connectivity index (χ3v) is 6.51. The van der Waals surface area contributed by atoms with Crippen LogP contribution in [-0.4, -0.2) is 163 Å². The van der Waals surface area contributed by atoms with Gasteiger partial charge in [-0.05, 0) is 6.42 Å². The van der Waals surface area contributed by atoms with Gasteiger partial charge in [0.1, 0.15) is 19.3 Å². The number of aliphatic carboxylic acids is 1. The molecule has 0 saturated heterocycles. The lowest BCUT2D eigenvalue weighted by Crippen LogP contribution is -2.44. The zero-order chi connectivity index (χ0) is 33.1. The predicted molar refractivity (Wildman–Crippen MR) is 154 cm³/mol. The minimum atomic E-state index is -1.22. The molecule has 1 atom stereocenters. The fourth-order valence-corrected chi connectivity index (χ4v) is 3.37. The molecular formula is C27H47N7O10. The van der Waals surface area contributed by atoms with E-state index in [-0.39, 0.29) is 82.3 Å². The predicted octanol–water partition coefficient (Wildman–Crippen LogP) is -0.968. The summed E-state index contributed by atoms with van der Waals surface area (Å²) in [7, 11) is 4.56. The van der Waals surface area contributed by atoms with Gasteiger partial charge in [-0.1, -0.05) is 26.0 Å². The van der Waals surface area contributed by atoms with Crippen LogP contribution in [0, 0.1) is 5.41 Å². The number of hydrogen-bond acceptors (Lipinski definition) is 12. The first-order valence-corrected chi connectivity index (χ1v) is 14.3. The summed E-state index contributed by atoms with van der Waals surface area (Å²) in [5, 5.41) is 22.5. The first-order chi connectivity index (χ1) is 20.7. The van der Waals surface area contributed by atoms with E-state index in [1.54, 1.807) is 14.1 Å². The number of Topliss-reactive ketones (excluding diaryl/α,β-unsaturated/α-hetero) is 1. The van der Waals surface area contributed by atoms with Crippen molar-refractivity contribution in [3.8, 4) is 0 Å². The number of rotatable bonds is 23. The summed E-state index contributed by atoms with van der Waals surface area (Å²) in [6.45, 7) is 7.63. The number of aromatic amines is 1. The maximum absolute atomic E-state index is 12.5. The molecule has 0 aliphatic heterocycles. The molecule has 3 amide bonds. The number of aromatic nitrogens is 4. The van der Waals surface area contributed by atoms with Crippen molar-refractivity contribution in [2.75, 3.05) is 87.1 Å². The first-order valence-electron chi connectivity index (χ1n) is 14.3. The third kappa shape index (κ3) is 15.8. The highest BCUT2D eigenvalue weighted by atomic mass is 16.5. The molecule has 250 valence electrons. The number of nitrogens with zero attached hydrogens (tertiary/aromatic N) is 6. The van der Waals surface area contributed by atoms with Crippen LogP contribution in [0.3, 0.4) is 0 Å². The summed E-state index contributed by atoms with van der Waals surface area (Å²) in [6.07, 6.45) is -0.362. The number of likely N-dealkylation sites (N-methyl/N-ethyl adjacent to an activating group) is 3. The van der Waals surface area contributed by atoms with Crippen LogP contribution in [0.15, 0.2) is 0 Å². The van der Waals surface area contributed by atoms with Gasteiger partial charge in [-0.3, -0.25) is 19.2 Å². The molecular weight excluding hydrogens is 582 g/mol. The summed E-state index contributed by atoms with van der Waals surface area (Å²) in [6, 6.07) is -1.19. The summed E-state index contributed by atoms with van der Waals surface area (Å²) >= 11 is 0. The van der Waals surface area contributed by atoms with Gasteiger partial charge in [-0.2, -0.15) is 5.21 Å². The number of carbonyl (C=O) groups is 5. The first kappa shape index (κ1) is 38.5. The normalized spacial score (nSPS) is 12.0. The van der Waals surface area contributed by atoms with Crippen LogP contribution in [0.1, 0.15) is 39.4 Å². The molecule has 1 heterocycles. The van der Waals surface area contributed by atoms with Crippen molar-refractivity contribution in [1.29, 1.82) is 0 Å². The van der Waals surface area contributed by atoms with Crippen LogP contribution in [0.4, 0.5) is 0 Å². The van der Waals surface area contributed by atoms with Gasteiger partial charge in [-0.25, -0.2) is 4.79 Å². The lowest BCUT2D eigenvalue weighted by molar-refractivity contribution is -0.149. The number of carbonyl (C=O) groups excluding carboxylic acids is 4. The Hall–Kier alpha value is -3.54. The summed E-state index contributed by atoms with van der Waals surface area (Å²) < 4.78 is 21.6.